The number of rotatable bonds is 4. The van der Waals surface area contributed by atoms with Gasteiger partial charge in [-0.25, -0.2) is 9.59 Å². The zero-order valence-corrected chi connectivity index (χ0v) is 9.54. The van der Waals surface area contributed by atoms with Crippen molar-refractivity contribution in [1.82, 2.24) is 5.06 Å². The van der Waals surface area contributed by atoms with E-state index < -0.39 is 18.0 Å². The lowest BCUT2D eigenvalue weighted by Gasteiger charge is -2.17. The Labute approximate surface area is 97.7 Å². The summed E-state index contributed by atoms with van der Waals surface area (Å²) < 4.78 is 9.88. The molecule has 1 heterocycles. The molecule has 17 heavy (non-hydrogen) atoms. The van der Waals surface area contributed by atoms with Crippen LogP contribution in [0.5, 0.6) is 0 Å². The van der Waals surface area contributed by atoms with E-state index >= 15 is 0 Å². The Balaban J connectivity index is 2.80. The van der Waals surface area contributed by atoms with Crippen molar-refractivity contribution in [2.45, 2.75) is 19.9 Å². The van der Waals surface area contributed by atoms with Crippen LogP contribution in [0.25, 0.3) is 0 Å². The van der Waals surface area contributed by atoms with Crippen molar-refractivity contribution in [3.05, 3.63) is 23.7 Å². The first-order chi connectivity index (χ1) is 7.97. The van der Waals surface area contributed by atoms with Crippen molar-refractivity contribution in [2.24, 2.45) is 5.73 Å². The molecule has 0 aliphatic heterocycles. The topological polar surface area (TPSA) is 106 Å². The fourth-order valence-corrected chi connectivity index (χ4v) is 1.20. The Kier molecular flexibility index (Phi) is 4.11. The first kappa shape index (κ1) is 13.0. The van der Waals surface area contributed by atoms with Crippen LogP contribution in [0.2, 0.25) is 0 Å². The van der Waals surface area contributed by atoms with E-state index in [2.05, 4.69) is 0 Å². The second-order valence-corrected chi connectivity index (χ2v) is 3.28. The molecule has 1 atom stereocenters. The molecule has 0 spiro atoms. The zero-order chi connectivity index (χ0) is 13.0. The van der Waals surface area contributed by atoms with Gasteiger partial charge in [0.2, 0.25) is 5.76 Å². The van der Waals surface area contributed by atoms with Crippen molar-refractivity contribution in [1.29, 1.82) is 0 Å². The maximum absolute atomic E-state index is 11.3. The number of amides is 2. The average molecular weight is 242 g/mol. The Morgan fingerprint density at radius 2 is 2.24 bits per heavy atom. The molecule has 0 saturated carbocycles. The Morgan fingerprint density at radius 1 is 1.59 bits per heavy atom. The zero-order valence-electron chi connectivity index (χ0n) is 9.54. The largest absolute Gasteiger partial charge is 0.460 e. The number of furan rings is 1. The smallest absolute Gasteiger partial charge is 0.374 e. The van der Waals surface area contributed by atoms with Gasteiger partial charge in [0.1, 0.15) is 11.8 Å². The van der Waals surface area contributed by atoms with E-state index in [0.717, 1.165) is 0 Å². The van der Waals surface area contributed by atoms with Gasteiger partial charge < -0.3 is 14.9 Å². The third-order valence-electron chi connectivity index (χ3n) is 2.11. The summed E-state index contributed by atoms with van der Waals surface area (Å²) in [5, 5.41) is 9.60. The Bertz CT molecular complexity index is 415. The molecule has 0 fully saturated rings. The monoisotopic (exact) mass is 242 g/mol. The van der Waals surface area contributed by atoms with Crippen molar-refractivity contribution >= 4 is 12.0 Å². The second kappa shape index (κ2) is 5.35. The van der Waals surface area contributed by atoms with E-state index in [-0.39, 0.29) is 18.1 Å². The minimum absolute atomic E-state index is 0.00608. The molecule has 0 aliphatic carbocycles. The molecule has 7 nitrogen and oxygen atoms in total. The number of urea groups is 1. The highest BCUT2D eigenvalue weighted by atomic mass is 16.5. The predicted molar refractivity (Wildman–Crippen MR) is 56.3 cm³/mol. The van der Waals surface area contributed by atoms with Gasteiger partial charge >= 0.3 is 12.0 Å². The number of carbonyl (C=O) groups is 2. The van der Waals surface area contributed by atoms with Crippen LogP contribution in [0.3, 0.4) is 0 Å². The second-order valence-electron chi connectivity index (χ2n) is 3.28. The minimum Gasteiger partial charge on any atom is -0.460 e. The molecular weight excluding hydrogens is 228 g/mol. The van der Waals surface area contributed by atoms with Crippen LogP contribution in [0.4, 0.5) is 4.79 Å². The van der Waals surface area contributed by atoms with Gasteiger partial charge in [0.15, 0.2) is 0 Å². The lowest BCUT2D eigenvalue weighted by atomic mass is 10.2. The van der Waals surface area contributed by atoms with Crippen molar-refractivity contribution in [2.75, 3.05) is 6.61 Å². The number of carbonyl (C=O) groups excluding carboxylic acids is 2. The van der Waals surface area contributed by atoms with E-state index in [1.54, 1.807) is 6.92 Å². The van der Waals surface area contributed by atoms with Crippen molar-refractivity contribution < 1.29 is 24.0 Å². The number of hydrogen-bond donors (Lipinski definition) is 2. The summed E-state index contributed by atoms with van der Waals surface area (Å²) >= 11 is 0. The number of nitrogens with two attached hydrogens (primary N) is 1. The maximum atomic E-state index is 11.3. The summed E-state index contributed by atoms with van der Waals surface area (Å²) in [6.45, 7) is 3.41. The third kappa shape index (κ3) is 2.97. The normalized spacial score (nSPS) is 11.9. The van der Waals surface area contributed by atoms with Crippen LogP contribution in [0.15, 0.2) is 16.5 Å². The number of hydrogen-bond acceptors (Lipinski definition) is 5. The van der Waals surface area contributed by atoms with Crippen LogP contribution < -0.4 is 5.73 Å². The van der Waals surface area contributed by atoms with Crippen LogP contribution in [0, 0.1) is 0 Å². The van der Waals surface area contributed by atoms with E-state index in [0.29, 0.717) is 5.06 Å². The van der Waals surface area contributed by atoms with Gasteiger partial charge in [-0.15, -0.1) is 0 Å². The van der Waals surface area contributed by atoms with Crippen molar-refractivity contribution in [3.63, 3.8) is 0 Å². The molecule has 0 saturated heterocycles. The molecule has 1 rings (SSSR count). The van der Waals surface area contributed by atoms with E-state index in [1.165, 1.54) is 19.1 Å². The first-order valence-electron chi connectivity index (χ1n) is 5.01. The van der Waals surface area contributed by atoms with E-state index in [1.807, 2.05) is 0 Å². The predicted octanol–water partition coefficient (Wildman–Crippen LogP) is 1.29. The summed E-state index contributed by atoms with van der Waals surface area (Å²) in [6.07, 6.45) is 0. The summed E-state index contributed by atoms with van der Waals surface area (Å²) in [4.78, 5) is 22.0. The maximum Gasteiger partial charge on any atom is 0.374 e. The van der Waals surface area contributed by atoms with Crippen LogP contribution in [-0.2, 0) is 4.74 Å². The number of primary amides is 1. The quantitative estimate of drug-likeness (QED) is 0.470. The van der Waals surface area contributed by atoms with E-state index in [4.69, 9.17) is 14.9 Å². The van der Waals surface area contributed by atoms with Gasteiger partial charge in [-0.3, -0.25) is 5.21 Å². The molecule has 3 N–H and O–H groups in total. The lowest BCUT2D eigenvalue weighted by molar-refractivity contribution is -0.0763. The molecule has 0 bridgehead atoms. The standard InChI is InChI=1S/C10H14N2O5/c1-3-16-9(13)8-5-4-7(17-8)6(2)12(15)10(11)14/h4-6,15H,3H2,1-2H3,(H2,11,14). The molecular formula is C10H14N2O5. The van der Waals surface area contributed by atoms with Gasteiger partial charge in [0, 0.05) is 0 Å². The molecule has 7 heteroatoms. The molecule has 2 amide bonds. The van der Waals surface area contributed by atoms with Crippen LogP contribution in [0.1, 0.15) is 36.2 Å². The minimum atomic E-state index is -1.01. The number of esters is 1. The SMILES string of the molecule is CCOC(=O)c1ccc(C(C)N(O)C(N)=O)o1. The fourth-order valence-electron chi connectivity index (χ4n) is 1.20. The highest BCUT2D eigenvalue weighted by molar-refractivity contribution is 5.86. The third-order valence-corrected chi connectivity index (χ3v) is 2.11. The summed E-state index contributed by atoms with van der Waals surface area (Å²) in [5.41, 5.74) is 4.89. The lowest BCUT2D eigenvalue weighted by Crippen LogP contribution is -2.34. The average Bonchev–Trinajstić information content (AvgIpc) is 2.76. The van der Waals surface area contributed by atoms with Gasteiger partial charge in [0.05, 0.1) is 6.61 Å². The molecule has 0 aliphatic rings. The summed E-state index contributed by atoms with van der Waals surface area (Å²) in [6, 6.07) is 1.07. The highest BCUT2D eigenvalue weighted by Gasteiger charge is 2.22. The molecule has 1 unspecified atom stereocenters. The summed E-state index contributed by atoms with van der Waals surface area (Å²) in [5.74, 6) is -0.365. The van der Waals surface area contributed by atoms with E-state index in [9.17, 15) is 14.8 Å². The number of hydroxylamine groups is 2. The number of nitrogens with zero attached hydrogens (tertiary/aromatic N) is 1. The van der Waals surface area contributed by atoms with Crippen LogP contribution >= 0.6 is 0 Å². The first-order valence-corrected chi connectivity index (χ1v) is 5.01. The molecule has 1 aromatic rings. The van der Waals surface area contributed by atoms with Gasteiger partial charge in [0.25, 0.3) is 0 Å². The van der Waals surface area contributed by atoms with Gasteiger partial charge in [-0.2, -0.15) is 5.06 Å². The molecule has 1 aromatic heterocycles. The Hall–Kier alpha value is -2.02. The van der Waals surface area contributed by atoms with Crippen molar-refractivity contribution in [3.8, 4) is 0 Å². The fraction of sp³-hybridized carbons (Fsp3) is 0.400. The van der Waals surface area contributed by atoms with Gasteiger partial charge in [-0.1, -0.05) is 0 Å². The molecule has 94 valence electrons. The molecule has 0 radical (unpaired) electrons. The summed E-state index contributed by atoms with van der Waals surface area (Å²) in [7, 11) is 0. The Morgan fingerprint density at radius 3 is 2.76 bits per heavy atom. The highest BCUT2D eigenvalue weighted by Crippen LogP contribution is 2.21. The van der Waals surface area contributed by atoms with Crippen LogP contribution in [-0.4, -0.2) is 28.9 Å². The van der Waals surface area contributed by atoms with Gasteiger partial charge in [-0.05, 0) is 26.0 Å². The molecule has 0 aromatic carbocycles. The number of ether oxygens (including phenoxy) is 1.